The first-order valence-corrected chi connectivity index (χ1v) is 6.26. The summed E-state index contributed by atoms with van der Waals surface area (Å²) in [6.45, 7) is 6.89. The van der Waals surface area contributed by atoms with E-state index in [2.05, 4.69) is 36.7 Å². The summed E-state index contributed by atoms with van der Waals surface area (Å²) in [5.41, 5.74) is 0. The lowest BCUT2D eigenvalue weighted by molar-refractivity contribution is 0.458. The van der Waals surface area contributed by atoms with Gasteiger partial charge in [-0.1, -0.05) is 62.4 Å². The lowest BCUT2D eigenvalue weighted by Crippen LogP contribution is -1.98. The SMILES string of the molecule is CCCC(C)CCCC(Br)CC. The summed E-state index contributed by atoms with van der Waals surface area (Å²) >= 11 is 3.67. The molecule has 0 aromatic carbocycles. The summed E-state index contributed by atoms with van der Waals surface area (Å²) in [5, 5.41) is 0. The van der Waals surface area contributed by atoms with E-state index in [4.69, 9.17) is 0 Å². The monoisotopic (exact) mass is 234 g/mol. The number of halogens is 1. The van der Waals surface area contributed by atoms with E-state index in [0.717, 1.165) is 10.7 Å². The fraction of sp³-hybridized carbons (Fsp3) is 1.00. The zero-order valence-electron chi connectivity index (χ0n) is 8.78. The van der Waals surface area contributed by atoms with Gasteiger partial charge in [0.25, 0.3) is 0 Å². The minimum Gasteiger partial charge on any atom is -0.0891 e. The van der Waals surface area contributed by atoms with E-state index in [1.165, 1.54) is 38.5 Å². The van der Waals surface area contributed by atoms with Gasteiger partial charge in [0.05, 0.1) is 0 Å². The largest absolute Gasteiger partial charge is 0.0891 e. The van der Waals surface area contributed by atoms with Crippen molar-refractivity contribution < 1.29 is 0 Å². The van der Waals surface area contributed by atoms with Crippen molar-refractivity contribution in [2.75, 3.05) is 0 Å². The van der Waals surface area contributed by atoms with E-state index >= 15 is 0 Å². The molecule has 0 aromatic rings. The van der Waals surface area contributed by atoms with Gasteiger partial charge in [0.2, 0.25) is 0 Å². The van der Waals surface area contributed by atoms with Crippen LogP contribution >= 0.6 is 15.9 Å². The first-order valence-electron chi connectivity index (χ1n) is 5.34. The number of hydrogen-bond donors (Lipinski definition) is 0. The highest BCUT2D eigenvalue weighted by Gasteiger charge is 2.03. The maximum atomic E-state index is 3.67. The van der Waals surface area contributed by atoms with Crippen LogP contribution in [-0.4, -0.2) is 4.83 Å². The summed E-state index contributed by atoms with van der Waals surface area (Å²) < 4.78 is 0. The molecule has 0 saturated carbocycles. The van der Waals surface area contributed by atoms with Gasteiger partial charge in [0.15, 0.2) is 0 Å². The Labute approximate surface area is 86.3 Å². The lowest BCUT2D eigenvalue weighted by atomic mass is 9.98. The molecule has 0 heterocycles. The molecule has 0 radical (unpaired) electrons. The molecule has 0 spiro atoms. The van der Waals surface area contributed by atoms with Crippen LogP contribution in [0.25, 0.3) is 0 Å². The smallest absolute Gasteiger partial charge is 0.0143 e. The molecule has 0 amide bonds. The van der Waals surface area contributed by atoms with Gasteiger partial charge in [-0.2, -0.15) is 0 Å². The Balaban J connectivity index is 3.18. The molecule has 0 aromatic heterocycles. The van der Waals surface area contributed by atoms with Crippen LogP contribution in [0.3, 0.4) is 0 Å². The van der Waals surface area contributed by atoms with Crippen LogP contribution in [-0.2, 0) is 0 Å². The highest BCUT2D eigenvalue weighted by Crippen LogP contribution is 2.18. The third-order valence-corrected chi connectivity index (χ3v) is 3.54. The number of rotatable bonds is 7. The molecular weight excluding hydrogens is 212 g/mol. The van der Waals surface area contributed by atoms with Gasteiger partial charge in [-0.05, 0) is 18.8 Å². The maximum Gasteiger partial charge on any atom is 0.0143 e. The fourth-order valence-corrected chi connectivity index (χ4v) is 1.85. The van der Waals surface area contributed by atoms with Crippen molar-refractivity contribution in [3.8, 4) is 0 Å². The summed E-state index contributed by atoms with van der Waals surface area (Å²) in [4.78, 5) is 0.756. The Morgan fingerprint density at radius 2 is 1.75 bits per heavy atom. The fourth-order valence-electron chi connectivity index (χ4n) is 1.53. The maximum absolute atomic E-state index is 3.67. The van der Waals surface area contributed by atoms with Gasteiger partial charge in [-0.25, -0.2) is 0 Å². The lowest BCUT2D eigenvalue weighted by Gasteiger charge is -2.11. The number of hydrogen-bond acceptors (Lipinski definition) is 0. The van der Waals surface area contributed by atoms with Crippen LogP contribution in [0.2, 0.25) is 0 Å². The second-order valence-corrected chi connectivity index (χ2v) is 5.13. The van der Waals surface area contributed by atoms with Gasteiger partial charge >= 0.3 is 0 Å². The molecule has 1 heteroatoms. The molecule has 0 aliphatic carbocycles. The third kappa shape index (κ3) is 7.15. The Hall–Kier alpha value is 0.480. The van der Waals surface area contributed by atoms with Crippen molar-refractivity contribution >= 4 is 15.9 Å². The van der Waals surface area contributed by atoms with Crippen LogP contribution in [0.5, 0.6) is 0 Å². The molecular formula is C11H23Br. The molecule has 0 nitrogen and oxygen atoms in total. The molecule has 2 atom stereocenters. The second kappa shape index (κ2) is 8.10. The predicted molar refractivity (Wildman–Crippen MR) is 60.9 cm³/mol. The van der Waals surface area contributed by atoms with Crippen LogP contribution in [0.4, 0.5) is 0 Å². The minimum absolute atomic E-state index is 0.756. The van der Waals surface area contributed by atoms with Crippen molar-refractivity contribution in [3.63, 3.8) is 0 Å². The Bertz CT molecular complexity index is 91.0. The van der Waals surface area contributed by atoms with Crippen LogP contribution in [0.1, 0.15) is 59.3 Å². The van der Waals surface area contributed by atoms with E-state index in [1.54, 1.807) is 0 Å². The molecule has 2 unspecified atom stereocenters. The highest BCUT2D eigenvalue weighted by molar-refractivity contribution is 9.09. The average Bonchev–Trinajstić information content (AvgIpc) is 2.04. The van der Waals surface area contributed by atoms with Crippen LogP contribution < -0.4 is 0 Å². The van der Waals surface area contributed by atoms with Crippen LogP contribution in [0.15, 0.2) is 0 Å². The third-order valence-electron chi connectivity index (χ3n) is 2.44. The van der Waals surface area contributed by atoms with Gasteiger partial charge in [-0.3, -0.25) is 0 Å². The molecule has 12 heavy (non-hydrogen) atoms. The molecule has 0 bridgehead atoms. The topological polar surface area (TPSA) is 0 Å². The average molecular weight is 235 g/mol. The highest BCUT2D eigenvalue weighted by atomic mass is 79.9. The van der Waals surface area contributed by atoms with Crippen molar-refractivity contribution in [1.29, 1.82) is 0 Å². The van der Waals surface area contributed by atoms with Crippen molar-refractivity contribution in [2.45, 2.75) is 64.1 Å². The molecule has 0 rings (SSSR count). The van der Waals surface area contributed by atoms with E-state index in [0.29, 0.717) is 0 Å². The predicted octanol–water partition coefficient (Wildman–Crippen LogP) is 4.77. The van der Waals surface area contributed by atoms with E-state index in [9.17, 15) is 0 Å². The van der Waals surface area contributed by atoms with Crippen molar-refractivity contribution in [2.24, 2.45) is 5.92 Å². The molecule has 0 fully saturated rings. The van der Waals surface area contributed by atoms with Crippen molar-refractivity contribution in [3.05, 3.63) is 0 Å². The minimum atomic E-state index is 0.756. The van der Waals surface area contributed by atoms with E-state index < -0.39 is 0 Å². The van der Waals surface area contributed by atoms with Gasteiger partial charge in [0, 0.05) is 4.83 Å². The van der Waals surface area contributed by atoms with Gasteiger partial charge < -0.3 is 0 Å². The first-order chi connectivity index (χ1) is 5.70. The summed E-state index contributed by atoms with van der Waals surface area (Å²) in [6, 6.07) is 0. The summed E-state index contributed by atoms with van der Waals surface area (Å²) in [5.74, 6) is 0.937. The Kier molecular flexibility index (Phi) is 8.42. The summed E-state index contributed by atoms with van der Waals surface area (Å²) in [7, 11) is 0. The van der Waals surface area contributed by atoms with Crippen LogP contribution in [0, 0.1) is 5.92 Å². The molecule has 0 aliphatic heterocycles. The van der Waals surface area contributed by atoms with Gasteiger partial charge in [-0.15, -0.1) is 0 Å². The standard InChI is InChI=1S/C11H23Br/c1-4-7-10(3)8-6-9-11(12)5-2/h10-11H,4-9H2,1-3H3. The molecule has 0 N–H and O–H groups in total. The molecule has 0 aliphatic rings. The second-order valence-electron chi connectivity index (χ2n) is 3.83. The first kappa shape index (κ1) is 12.5. The van der Waals surface area contributed by atoms with E-state index in [-0.39, 0.29) is 0 Å². The molecule has 0 saturated heterocycles. The Morgan fingerprint density at radius 1 is 1.08 bits per heavy atom. The normalized spacial score (nSPS) is 16.0. The van der Waals surface area contributed by atoms with Gasteiger partial charge in [0.1, 0.15) is 0 Å². The Morgan fingerprint density at radius 3 is 2.25 bits per heavy atom. The summed E-state index contributed by atoms with van der Waals surface area (Å²) in [6.07, 6.45) is 8.17. The van der Waals surface area contributed by atoms with E-state index in [1.807, 2.05) is 0 Å². The zero-order valence-corrected chi connectivity index (χ0v) is 10.4. The molecule has 74 valence electrons. The quantitative estimate of drug-likeness (QED) is 0.558. The van der Waals surface area contributed by atoms with Crippen molar-refractivity contribution in [1.82, 2.24) is 0 Å². The zero-order chi connectivity index (χ0) is 9.40. The number of alkyl halides is 1.